The van der Waals surface area contributed by atoms with Gasteiger partial charge in [-0.25, -0.2) is 0 Å². The molecule has 0 saturated carbocycles. The second-order valence-electron chi connectivity index (χ2n) is 9.18. The molecule has 0 aliphatic heterocycles. The molecule has 36 heavy (non-hydrogen) atoms. The Bertz CT molecular complexity index is 863. The standard InChI is InChI=1S/C30H45O4P.Li.H/c1-6-9-12-18-32-25-21-26(33-19-13-10-7-2)29(27(22-25)34-20-14-11-8-3)35-30(31)28-23(4)16-15-17-24(28)5;;/h15-17,21-22,35H,6-14,18-20H2,1-5H3;;. The summed E-state index contributed by atoms with van der Waals surface area (Å²) in [6.07, 6.45) is 9.79. The fourth-order valence-corrected chi connectivity index (χ4v) is 5.24. The molecule has 0 fully saturated rings. The van der Waals surface area contributed by atoms with Crippen LogP contribution in [0.15, 0.2) is 30.3 Å². The van der Waals surface area contributed by atoms with Gasteiger partial charge in [0.25, 0.3) is 0 Å². The van der Waals surface area contributed by atoms with Crippen LogP contribution in [-0.4, -0.2) is 44.2 Å². The van der Waals surface area contributed by atoms with Gasteiger partial charge in [0.05, 0.1) is 25.1 Å². The van der Waals surface area contributed by atoms with Gasteiger partial charge in [0.1, 0.15) is 17.2 Å². The Morgan fingerprint density at radius 1 is 0.722 bits per heavy atom. The SMILES string of the molecule is CCCCCOc1cc(OCCCCC)c(PC(=O)c2c(C)cccc2C)c(OCCCCC)c1.[LiH]. The molecule has 0 aliphatic carbocycles. The van der Waals surface area contributed by atoms with E-state index in [-0.39, 0.29) is 33.0 Å². The van der Waals surface area contributed by atoms with Gasteiger partial charge in [-0.2, -0.15) is 0 Å². The third-order valence-corrected chi connectivity index (χ3v) is 7.23. The van der Waals surface area contributed by atoms with Crippen LogP contribution in [0, 0.1) is 13.8 Å². The van der Waals surface area contributed by atoms with Crippen molar-refractivity contribution in [2.24, 2.45) is 0 Å². The molecule has 0 aliphatic rings. The summed E-state index contributed by atoms with van der Waals surface area (Å²) in [5, 5.41) is 0.853. The number of rotatable bonds is 18. The minimum atomic E-state index is -0.0753. The first-order chi connectivity index (χ1) is 17.0. The zero-order valence-electron chi connectivity index (χ0n) is 22.5. The van der Waals surface area contributed by atoms with E-state index in [0.717, 1.165) is 97.0 Å². The van der Waals surface area contributed by atoms with Crippen molar-refractivity contribution in [3.63, 3.8) is 0 Å². The predicted molar refractivity (Wildman–Crippen MR) is 157 cm³/mol. The van der Waals surface area contributed by atoms with Crippen molar-refractivity contribution in [3.8, 4) is 17.2 Å². The van der Waals surface area contributed by atoms with Gasteiger partial charge in [0.2, 0.25) is 0 Å². The first kappa shape index (κ1) is 32.6. The van der Waals surface area contributed by atoms with Crippen LogP contribution in [-0.2, 0) is 0 Å². The quantitative estimate of drug-likeness (QED) is 0.119. The third kappa shape index (κ3) is 10.9. The molecule has 0 aromatic heterocycles. The first-order valence-electron chi connectivity index (χ1n) is 13.5. The summed E-state index contributed by atoms with van der Waals surface area (Å²) >= 11 is 0. The monoisotopic (exact) mass is 508 g/mol. The molecule has 1 atom stereocenters. The molecule has 196 valence electrons. The van der Waals surface area contributed by atoms with Crippen LogP contribution in [0.2, 0.25) is 0 Å². The number of benzene rings is 2. The van der Waals surface area contributed by atoms with E-state index in [1.807, 2.05) is 44.2 Å². The van der Waals surface area contributed by atoms with E-state index >= 15 is 0 Å². The Morgan fingerprint density at radius 3 is 1.61 bits per heavy atom. The number of carbonyl (C=O) groups is 1. The van der Waals surface area contributed by atoms with Gasteiger partial charge < -0.3 is 14.2 Å². The number of hydrogen-bond acceptors (Lipinski definition) is 4. The van der Waals surface area contributed by atoms with Crippen molar-refractivity contribution in [1.82, 2.24) is 0 Å². The van der Waals surface area contributed by atoms with E-state index in [2.05, 4.69) is 20.8 Å². The van der Waals surface area contributed by atoms with E-state index in [4.69, 9.17) is 14.2 Å². The second kappa shape index (κ2) is 18.7. The molecular formula is C30H46LiO4P. The molecule has 0 spiro atoms. The summed E-state index contributed by atoms with van der Waals surface area (Å²) in [7, 11) is -0.0753. The fraction of sp³-hybridized carbons (Fsp3) is 0.567. The summed E-state index contributed by atoms with van der Waals surface area (Å²) in [6.45, 7) is 12.5. The van der Waals surface area contributed by atoms with Gasteiger partial charge >= 0.3 is 18.9 Å². The summed E-state index contributed by atoms with van der Waals surface area (Å²) in [5.74, 6) is 2.19. The number of hydrogen-bond donors (Lipinski definition) is 0. The van der Waals surface area contributed by atoms with Gasteiger partial charge in [-0.1, -0.05) is 77.5 Å². The predicted octanol–water partition coefficient (Wildman–Crippen LogP) is 7.51. The molecule has 4 nitrogen and oxygen atoms in total. The molecule has 0 amide bonds. The molecule has 0 radical (unpaired) electrons. The van der Waals surface area contributed by atoms with Crippen molar-refractivity contribution < 1.29 is 19.0 Å². The Labute approximate surface area is 233 Å². The number of carbonyl (C=O) groups excluding carboxylic acids is 1. The van der Waals surface area contributed by atoms with E-state index in [1.54, 1.807) is 0 Å². The Hall–Kier alpha value is -1.46. The van der Waals surface area contributed by atoms with Crippen LogP contribution >= 0.6 is 8.58 Å². The van der Waals surface area contributed by atoms with E-state index in [0.29, 0.717) is 19.8 Å². The van der Waals surface area contributed by atoms with Gasteiger partial charge in [-0.15, -0.1) is 0 Å². The second-order valence-corrected chi connectivity index (χ2v) is 10.4. The van der Waals surface area contributed by atoms with Crippen LogP contribution in [0.4, 0.5) is 0 Å². The molecule has 2 rings (SSSR count). The molecule has 0 N–H and O–H groups in total. The molecule has 0 bridgehead atoms. The van der Waals surface area contributed by atoms with Crippen LogP contribution in [0.3, 0.4) is 0 Å². The van der Waals surface area contributed by atoms with Crippen LogP contribution in [0.5, 0.6) is 17.2 Å². The zero-order chi connectivity index (χ0) is 25.5. The maximum absolute atomic E-state index is 13.5. The molecule has 1 unspecified atom stereocenters. The summed E-state index contributed by atoms with van der Waals surface area (Å²) in [5.41, 5.74) is 2.94. The molecule has 2 aromatic rings. The molecule has 6 heteroatoms. The summed E-state index contributed by atoms with van der Waals surface area (Å²) in [6, 6.07) is 9.92. The number of ether oxygens (including phenoxy) is 3. The summed E-state index contributed by atoms with van der Waals surface area (Å²) in [4.78, 5) is 13.5. The number of aryl methyl sites for hydroxylation is 2. The Morgan fingerprint density at radius 2 is 1.17 bits per heavy atom. The Balaban J connectivity index is 0.00000648. The summed E-state index contributed by atoms with van der Waals surface area (Å²) < 4.78 is 18.6. The van der Waals surface area contributed by atoms with Gasteiger partial charge in [0, 0.05) is 17.7 Å². The Kier molecular flexibility index (Phi) is 16.9. The molecule has 2 aromatic carbocycles. The van der Waals surface area contributed by atoms with Crippen molar-refractivity contribution in [2.75, 3.05) is 19.8 Å². The van der Waals surface area contributed by atoms with Crippen LogP contribution < -0.4 is 19.5 Å². The molecule has 0 heterocycles. The van der Waals surface area contributed by atoms with Gasteiger partial charge in [-0.3, -0.25) is 4.79 Å². The molecular weight excluding hydrogens is 462 g/mol. The zero-order valence-corrected chi connectivity index (χ0v) is 23.5. The minimum absolute atomic E-state index is 0. The topological polar surface area (TPSA) is 44.8 Å². The fourth-order valence-electron chi connectivity index (χ4n) is 3.96. The van der Waals surface area contributed by atoms with Crippen molar-refractivity contribution in [2.45, 2.75) is 92.4 Å². The number of unbranched alkanes of at least 4 members (excludes halogenated alkanes) is 6. The van der Waals surface area contributed by atoms with Crippen molar-refractivity contribution in [1.29, 1.82) is 0 Å². The van der Waals surface area contributed by atoms with E-state index in [1.165, 1.54) is 0 Å². The van der Waals surface area contributed by atoms with Crippen molar-refractivity contribution >= 4 is 38.3 Å². The van der Waals surface area contributed by atoms with Crippen LogP contribution in [0.25, 0.3) is 0 Å². The van der Waals surface area contributed by atoms with E-state index in [9.17, 15) is 4.79 Å². The van der Waals surface area contributed by atoms with Gasteiger partial charge in [-0.05, 0) is 52.8 Å². The molecule has 0 saturated heterocycles. The normalized spacial score (nSPS) is 10.9. The third-order valence-electron chi connectivity index (χ3n) is 6.01. The maximum atomic E-state index is 13.5. The average molecular weight is 509 g/mol. The average Bonchev–Trinajstić information content (AvgIpc) is 2.84. The van der Waals surface area contributed by atoms with Gasteiger partial charge in [0.15, 0.2) is 5.52 Å². The van der Waals surface area contributed by atoms with Crippen molar-refractivity contribution in [3.05, 3.63) is 47.0 Å². The van der Waals surface area contributed by atoms with Crippen LogP contribution in [0.1, 0.15) is 100 Å². The van der Waals surface area contributed by atoms with E-state index < -0.39 is 0 Å². The first-order valence-corrected chi connectivity index (χ1v) is 14.5.